The molecule has 0 atom stereocenters. The van der Waals surface area contributed by atoms with E-state index in [1.54, 1.807) is 6.20 Å². The number of nitrogens with zero attached hydrogens (tertiary/aromatic N) is 2. The molecule has 1 aromatic heterocycles. The quantitative estimate of drug-likeness (QED) is 0.280. The minimum Gasteiger partial charge on any atom is -0.417 e. The van der Waals surface area contributed by atoms with Crippen molar-refractivity contribution in [3.63, 3.8) is 0 Å². The normalized spacial score (nSPS) is 12.1. The molecule has 29 heavy (non-hydrogen) atoms. The zero-order valence-electron chi connectivity index (χ0n) is 18.8. The van der Waals surface area contributed by atoms with Crippen molar-refractivity contribution in [1.29, 1.82) is 0 Å². The molecule has 5 nitrogen and oxygen atoms in total. The van der Waals surface area contributed by atoms with E-state index in [0.29, 0.717) is 6.54 Å². The van der Waals surface area contributed by atoms with Crippen LogP contribution < -0.4 is 10.6 Å². The second-order valence-corrected chi connectivity index (χ2v) is 14.2. The van der Waals surface area contributed by atoms with E-state index in [2.05, 4.69) is 86.5 Å². The van der Waals surface area contributed by atoms with E-state index in [0.717, 1.165) is 36.6 Å². The zero-order chi connectivity index (χ0) is 21.7. The third-order valence-electron chi connectivity index (χ3n) is 5.65. The van der Waals surface area contributed by atoms with Gasteiger partial charge in [0.25, 0.3) is 0 Å². The highest BCUT2D eigenvalue weighted by atomic mass is 35.5. The first-order valence-electron chi connectivity index (χ1n) is 10.2. The number of rotatable bonds is 9. The molecule has 160 valence electrons. The van der Waals surface area contributed by atoms with Crippen LogP contribution in [-0.2, 0) is 11.0 Å². The largest absolute Gasteiger partial charge is 0.417 e. The summed E-state index contributed by atoms with van der Waals surface area (Å²) in [4.78, 5) is 8.54. The predicted octanol–water partition coefficient (Wildman–Crippen LogP) is 6.18. The van der Waals surface area contributed by atoms with Crippen molar-refractivity contribution in [2.45, 2.75) is 65.7 Å². The van der Waals surface area contributed by atoms with Crippen LogP contribution in [0.25, 0.3) is 0 Å². The SMILES string of the molecule is Cc1cccc(C)c1NCc1cnc(Cl)nc1NCCCO[Si](C)(C)C(C)(C)C. The van der Waals surface area contributed by atoms with Gasteiger partial charge in [-0.05, 0) is 61.1 Å². The van der Waals surface area contributed by atoms with E-state index in [-0.39, 0.29) is 10.3 Å². The molecule has 2 rings (SSSR count). The summed E-state index contributed by atoms with van der Waals surface area (Å²) in [5, 5.41) is 7.40. The molecular weight excluding hydrogens is 400 g/mol. The summed E-state index contributed by atoms with van der Waals surface area (Å²) in [5.74, 6) is 0.774. The maximum absolute atomic E-state index is 6.25. The molecule has 0 saturated heterocycles. The second-order valence-electron chi connectivity index (χ2n) is 9.02. The standard InChI is InChI=1S/C22H35ClN4OSi/c1-16-10-8-11-17(2)19(16)25-14-18-15-26-21(23)27-20(18)24-12-9-13-28-29(6,7)22(3,4)5/h8,10-11,15,25H,9,12-14H2,1-7H3,(H,24,26,27). The van der Waals surface area contributed by atoms with Gasteiger partial charge in [0.05, 0.1) is 0 Å². The van der Waals surface area contributed by atoms with Gasteiger partial charge < -0.3 is 15.1 Å². The Morgan fingerprint density at radius 3 is 2.38 bits per heavy atom. The van der Waals surface area contributed by atoms with Gasteiger partial charge in [-0.25, -0.2) is 9.97 Å². The van der Waals surface area contributed by atoms with Gasteiger partial charge in [0.2, 0.25) is 5.28 Å². The maximum Gasteiger partial charge on any atom is 0.224 e. The monoisotopic (exact) mass is 434 g/mol. The Labute approximate surface area is 181 Å². The molecule has 0 aliphatic carbocycles. The van der Waals surface area contributed by atoms with Gasteiger partial charge in [0, 0.05) is 37.1 Å². The molecule has 0 saturated carbocycles. The molecule has 2 N–H and O–H groups in total. The van der Waals surface area contributed by atoms with Gasteiger partial charge in [-0.1, -0.05) is 39.0 Å². The van der Waals surface area contributed by atoms with Gasteiger partial charge in [0.1, 0.15) is 5.82 Å². The molecule has 7 heteroatoms. The molecule has 0 unspecified atom stereocenters. The van der Waals surface area contributed by atoms with Crippen LogP contribution in [0.2, 0.25) is 23.4 Å². The molecule has 0 spiro atoms. The van der Waals surface area contributed by atoms with Crippen molar-refractivity contribution >= 4 is 31.4 Å². The van der Waals surface area contributed by atoms with Crippen molar-refractivity contribution in [2.75, 3.05) is 23.8 Å². The van der Waals surface area contributed by atoms with E-state index in [9.17, 15) is 0 Å². The number of benzene rings is 1. The molecule has 1 aromatic carbocycles. The van der Waals surface area contributed by atoms with Crippen LogP contribution in [0.1, 0.15) is 43.9 Å². The number of para-hydroxylation sites is 1. The number of anilines is 2. The first kappa shape index (κ1) is 23.6. The van der Waals surface area contributed by atoms with Crippen molar-refractivity contribution in [2.24, 2.45) is 0 Å². The molecule has 0 fully saturated rings. The van der Waals surface area contributed by atoms with Gasteiger partial charge >= 0.3 is 0 Å². The highest BCUT2D eigenvalue weighted by molar-refractivity contribution is 6.74. The van der Waals surface area contributed by atoms with Crippen LogP contribution in [0.15, 0.2) is 24.4 Å². The van der Waals surface area contributed by atoms with Crippen molar-refractivity contribution < 1.29 is 4.43 Å². The molecule has 2 aromatic rings. The Morgan fingerprint density at radius 2 is 1.76 bits per heavy atom. The van der Waals surface area contributed by atoms with Gasteiger partial charge in [-0.3, -0.25) is 0 Å². The Kier molecular flexibility index (Phi) is 8.08. The lowest BCUT2D eigenvalue weighted by molar-refractivity contribution is 0.286. The summed E-state index contributed by atoms with van der Waals surface area (Å²) in [6, 6.07) is 6.28. The maximum atomic E-state index is 6.25. The zero-order valence-corrected chi connectivity index (χ0v) is 20.6. The van der Waals surface area contributed by atoms with Gasteiger partial charge in [-0.2, -0.15) is 0 Å². The first-order valence-corrected chi connectivity index (χ1v) is 13.5. The summed E-state index contributed by atoms with van der Waals surface area (Å²) in [7, 11) is -1.70. The Hall–Kier alpha value is -1.63. The Bertz CT molecular complexity index is 801. The lowest BCUT2D eigenvalue weighted by Gasteiger charge is -2.36. The van der Waals surface area contributed by atoms with Crippen LogP contribution in [0.4, 0.5) is 11.5 Å². The predicted molar refractivity (Wildman–Crippen MR) is 127 cm³/mol. The van der Waals surface area contributed by atoms with E-state index in [4.69, 9.17) is 16.0 Å². The average molecular weight is 435 g/mol. The molecule has 0 amide bonds. The molecule has 1 heterocycles. The fourth-order valence-electron chi connectivity index (χ4n) is 2.77. The fourth-order valence-corrected chi connectivity index (χ4v) is 3.99. The van der Waals surface area contributed by atoms with Crippen molar-refractivity contribution in [1.82, 2.24) is 9.97 Å². The highest BCUT2D eigenvalue weighted by Crippen LogP contribution is 2.36. The molecule has 0 radical (unpaired) electrons. The Morgan fingerprint density at radius 1 is 1.10 bits per heavy atom. The first-order chi connectivity index (χ1) is 13.5. The van der Waals surface area contributed by atoms with Crippen LogP contribution in [0.3, 0.4) is 0 Å². The number of hydrogen-bond donors (Lipinski definition) is 2. The van der Waals surface area contributed by atoms with E-state index < -0.39 is 8.32 Å². The summed E-state index contributed by atoms with van der Waals surface area (Å²) in [6.07, 6.45) is 2.70. The van der Waals surface area contributed by atoms with E-state index >= 15 is 0 Å². The molecule has 0 aliphatic heterocycles. The van der Waals surface area contributed by atoms with Crippen molar-refractivity contribution in [3.8, 4) is 0 Å². The number of aromatic nitrogens is 2. The summed E-state index contributed by atoms with van der Waals surface area (Å²) < 4.78 is 6.25. The van der Waals surface area contributed by atoms with E-state index in [1.165, 1.54) is 11.1 Å². The number of hydrogen-bond acceptors (Lipinski definition) is 5. The highest BCUT2D eigenvalue weighted by Gasteiger charge is 2.36. The Balaban J connectivity index is 1.93. The summed E-state index contributed by atoms with van der Waals surface area (Å²) in [6.45, 7) is 17.7. The molecule has 0 bridgehead atoms. The minimum absolute atomic E-state index is 0.229. The lowest BCUT2D eigenvalue weighted by atomic mass is 10.1. The van der Waals surface area contributed by atoms with Crippen LogP contribution >= 0.6 is 11.6 Å². The van der Waals surface area contributed by atoms with Gasteiger partial charge in [-0.15, -0.1) is 0 Å². The number of halogens is 1. The fraction of sp³-hybridized carbons (Fsp3) is 0.545. The minimum atomic E-state index is -1.70. The van der Waals surface area contributed by atoms with Crippen LogP contribution in [-0.4, -0.2) is 31.4 Å². The third kappa shape index (κ3) is 6.69. The number of nitrogens with one attached hydrogen (secondary N) is 2. The second kappa shape index (κ2) is 9.91. The lowest BCUT2D eigenvalue weighted by Crippen LogP contribution is -2.41. The van der Waals surface area contributed by atoms with Crippen molar-refractivity contribution in [3.05, 3.63) is 46.4 Å². The van der Waals surface area contributed by atoms with Crippen LogP contribution in [0.5, 0.6) is 0 Å². The third-order valence-corrected chi connectivity index (χ3v) is 10.4. The number of aryl methyl sites for hydroxylation is 2. The smallest absolute Gasteiger partial charge is 0.224 e. The average Bonchev–Trinajstić information content (AvgIpc) is 2.61. The molecular formula is C22H35ClN4OSi. The topological polar surface area (TPSA) is 59.1 Å². The van der Waals surface area contributed by atoms with E-state index in [1.807, 2.05) is 0 Å². The van der Waals surface area contributed by atoms with Gasteiger partial charge in [0.15, 0.2) is 8.32 Å². The summed E-state index contributed by atoms with van der Waals surface area (Å²) >= 11 is 6.03. The molecule has 0 aliphatic rings. The van der Waals surface area contributed by atoms with Crippen LogP contribution in [0, 0.1) is 13.8 Å². The summed E-state index contributed by atoms with van der Waals surface area (Å²) in [5.41, 5.74) is 4.58.